The van der Waals surface area contributed by atoms with Gasteiger partial charge in [-0.2, -0.15) is 23.5 Å². The second kappa shape index (κ2) is 11.2. The third-order valence-corrected chi connectivity index (χ3v) is 6.00. The lowest BCUT2D eigenvalue weighted by Gasteiger charge is -2.21. The molecular formula is C23H16BrClF4N4O4. The molecule has 2 aromatic carbocycles. The van der Waals surface area contributed by atoms with Crippen LogP contribution >= 0.6 is 27.5 Å². The number of ether oxygens (including phenoxy) is 1. The number of nitriles is 1. The molecule has 0 bridgehead atoms. The summed E-state index contributed by atoms with van der Waals surface area (Å²) >= 11 is 9.32. The van der Waals surface area contributed by atoms with Crippen LogP contribution in [-0.4, -0.2) is 51.8 Å². The third kappa shape index (κ3) is 6.58. The highest BCUT2D eigenvalue weighted by Crippen LogP contribution is 2.36. The highest BCUT2D eigenvalue weighted by Gasteiger charge is 2.38. The summed E-state index contributed by atoms with van der Waals surface area (Å²) in [5, 5.41) is 23.5. The van der Waals surface area contributed by atoms with Crippen molar-refractivity contribution in [3.8, 4) is 17.6 Å². The maximum absolute atomic E-state index is 15.3. The van der Waals surface area contributed by atoms with E-state index in [4.69, 9.17) is 31.5 Å². The van der Waals surface area contributed by atoms with Crippen LogP contribution in [0.5, 0.6) is 11.5 Å². The second-order valence-electron chi connectivity index (χ2n) is 7.72. The van der Waals surface area contributed by atoms with Crippen molar-refractivity contribution in [1.82, 2.24) is 15.1 Å². The monoisotopic (exact) mass is 602 g/mol. The predicted molar refractivity (Wildman–Crippen MR) is 126 cm³/mol. The van der Waals surface area contributed by atoms with Gasteiger partial charge in [0, 0.05) is 36.3 Å². The minimum Gasteiger partial charge on any atom is -0.475 e. The predicted octanol–water partition coefficient (Wildman–Crippen LogP) is 5.48. The van der Waals surface area contributed by atoms with E-state index in [2.05, 4.69) is 26.1 Å². The molecule has 0 radical (unpaired) electrons. The molecule has 0 spiro atoms. The van der Waals surface area contributed by atoms with Gasteiger partial charge in [-0.1, -0.05) is 17.7 Å². The van der Waals surface area contributed by atoms with Gasteiger partial charge >= 0.3 is 12.1 Å². The average molecular weight is 604 g/mol. The van der Waals surface area contributed by atoms with Crippen molar-refractivity contribution >= 4 is 39.4 Å². The van der Waals surface area contributed by atoms with Gasteiger partial charge in [0.2, 0.25) is 0 Å². The smallest absolute Gasteiger partial charge is 0.475 e. The van der Waals surface area contributed by atoms with Gasteiger partial charge in [-0.15, -0.1) is 0 Å². The fraction of sp³-hybridized carbons (Fsp3) is 0.217. The van der Waals surface area contributed by atoms with Crippen molar-refractivity contribution in [3.05, 3.63) is 73.7 Å². The molecule has 1 aliphatic heterocycles. The van der Waals surface area contributed by atoms with E-state index < -0.39 is 18.0 Å². The number of aliphatic carboxylic acids is 1. The molecule has 2 N–H and O–H groups in total. The minimum atomic E-state index is -5.08. The summed E-state index contributed by atoms with van der Waals surface area (Å²) < 4.78 is 53.2. The highest BCUT2D eigenvalue weighted by atomic mass is 79.9. The first-order valence-corrected chi connectivity index (χ1v) is 11.5. The fourth-order valence-electron chi connectivity index (χ4n) is 3.35. The number of likely N-dealkylation sites (N-methyl/N-ethyl adjacent to an activating group) is 1. The molecule has 0 atom stereocenters. The zero-order valence-electron chi connectivity index (χ0n) is 18.8. The Kier molecular flexibility index (Phi) is 8.45. The number of halogens is 6. The number of carbonyl (C=O) groups is 2. The first kappa shape index (κ1) is 27.9. The summed E-state index contributed by atoms with van der Waals surface area (Å²) in [5.74, 6) is -3.21. The van der Waals surface area contributed by atoms with Gasteiger partial charge in [0.25, 0.3) is 5.91 Å². The number of hydrogen-bond acceptors (Lipinski definition) is 5. The van der Waals surface area contributed by atoms with E-state index in [9.17, 15) is 18.0 Å². The van der Waals surface area contributed by atoms with Gasteiger partial charge in [-0.25, -0.2) is 9.18 Å². The molecule has 1 aromatic heterocycles. The van der Waals surface area contributed by atoms with Crippen molar-refractivity contribution in [3.63, 3.8) is 0 Å². The number of carbonyl (C=O) groups excluding carboxylic acids is 1. The number of nitrogens with one attached hydrogen (secondary N) is 1. The number of hydrogen-bond donors (Lipinski definition) is 2. The van der Waals surface area contributed by atoms with E-state index in [1.165, 1.54) is 18.2 Å². The van der Waals surface area contributed by atoms with Crippen LogP contribution in [0.3, 0.4) is 0 Å². The molecule has 2 heterocycles. The molecule has 8 nitrogen and oxygen atoms in total. The first-order valence-electron chi connectivity index (χ1n) is 10.3. The van der Waals surface area contributed by atoms with Crippen LogP contribution in [0.25, 0.3) is 0 Å². The van der Waals surface area contributed by atoms with E-state index in [0.29, 0.717) is 45.0 Å². The van der Waals surface area contributed by atoms with Gasteiger partial charge in [0.15, 0.2) is 17.3 Å². The second-order valence-corrected chi connectivity index (χ2v) is 9.02. The summed E-state index contributed by atoms with van der Waals surface area (Å²) in [7, 11) is 1.73. The Morgan fingerprint density at radius 1 is 1.35 bits per heavy atom. The van der Waals surface area contributed by atoms with Crippen molar-refractivity contribution < 1.29 is 37.0 Å². The Labute approximate surface area is 220 Å². The molecule has 4 rings (SSSR count). The van der Waals surface area contributed by atoms with Crippen molar-refractivity contribution in [2.75, 3.05) is 13.6 Å². The van der Waals surface area contributed by atoms with E-state index in [1.807, 2.05) is 6.07 Å². The maximum Gasteiger partial charge on any atom is 0.490 e. The summed E-state index contributed by atoms with van der Waals surface area (Å²) in [4.78, 5) is 22.7. The number of alkyl halides is 3. The van der Waals surface area contributed by atoms with E-state index >= 15 is 4.39 Å². The molecule has 3 aromatic rings. The number of fused-ring (bicyclic) bond motifs is 1. The number of rotatable bonds is 4. The molecule has 1 aliphatic rings. The molecule has 1 amide bonds. The molecule has 0 unspecified atom stereocenters. The number of aromatic amines is 1. The highest BCUT2D eigenvalue weighted by molar-refractivity contribution is 9.10. The Morgan fingerprint density at radius 3 is 2.65 bits per heavy atom. The van der Waals surface area contributed by atoms with E-state index in [1.54, 1.807) is 24.1 Å². The van der Waals surface area contributed by atoms with E-state index in [-0.39, 0.29) is 23.8 Å². The SMILES string of the molecule is CN1CCc2c(n[nH]c2Cc2ccc(Br)c(Oc3cc(Cl)cc(C#N)c3)c2F)C1=O.O=C(O)C(F)(F)F. The molecule has 194 valence electrons. The zero-order chi connectivity index (χ0) is 27.5. The van der Waals surface area contributed by atoms with Gasteiger partial charge in [0.05, 0.1) is 16.1 Å². The van der Waals surface area contributed by atoms with Crippen molar-refractivity contribution in [2.45, 2.75) is 19.0 Å². The molecule has 0 aliphatic carbocycles. The summed E-state index contributed by atoms with van der Waals surface area (Å²) in [6, 6.07) is 9.81. The summed E-state index contributed by atoms with van der Waals surface area (Å²) in [6.45, 7) is 0.589. The number of benzene rings is 2. The number of amides is 1. The average Bonchev–Trinajstić information content (AvgIpc) is 3.23. The van der Waals surface area contributed by atoms with Crippen molar-refractivity contribution in [1.29, 1.82) is 5.26 Å². The van der Waals surface area contributed by atoms with Crippen LogP contribution in [0.1, 0.15) is 32.9 Å². The largest absolute Gasteiger partial charge is 0.490 e. The number of carboxylic acid groups (broad SMARTS) is 1. The molecule has 0 saturated heterocycles. The van der Waals surface area contributed by atoms with Crippen LogP contribution in [0, 0.1) is 17.1 Å². The Balaban J connectivity index is 0.000000479. The van der Waals surface area contributed by atoms with Crippen LogP contribution in [0.4, 0.5) is 17.6 Å². The van der Waals surface area contributed by atoms with Gasteiger partial charge < -0.3 is 14.7 Å². The lowest BCUT2D eigenvalue weighted by molar-refractivity contribution is -0.192. The topological polar surface area (TPSA) is 119 Å². The number of aromatic nitrogens is 2. The van der Waals surface area contributed by atoms with Crippen LogP contribution in [0.15, 0.2) is 34.8 Å². The summed E-state index contributed by atoms with van der Waals surface area (Å²) in [6.07, 6.45) is -4.20. The molecular weight excluding hydrogens is 588 g/mol. The lowest BCUT2D eigenvalue weighted by Crippen LogP contribution is -2.34. The number of nitrogens with zero attached hydrogens (tertiary/aromatic N) is 3. The zero-order valence-corrected chi connectivity index (χ0v) is 21.1. The Bertz CT molecular complexity index is 1400. The molecule has 0 saturated carbocycles. The maximum atomic E-state index is 15.3. The standard InChI is InChI=1S/C21H15BrClFN4O2.C2HF3O2/c1-28-5-4-15-17(26-27-19(15)21(28)29)8-12-2-3-16(22)20(18(12)24)30-14-7-11(10-25)6-13(23)9-14;3-2(4,5)1(6)7/h2-3,6-7,9H,4-5,8H2,1H3,(H,26,27);(H,6,7). The van der Waals surface area contributed by atoms with Crippen molar-refractivity contribution in [2.24, 2.45) is 0 Å². The molecule has 14 heteroatoms. The molecule has 37 heavy (non-hydrogen) atoms. The van der Waals surface area contributed by atoms with Gasteiger partial charge in [-0.3, -0.25) is 9.89 Å². The van der Waals surface area contributed by atoms with Gasteiger partial charge in [0.1, 0.15) is 5.75 Å². The van der Waals surface area contributed by atoms with Crippen LogP contribution in [-0.2, 0) is 17.6 Å². The Hall–Kier alpha value is -3.63. The minimum absolute atomic E-state index is 0.0113. The van der Waals surface area contributed by atoms with Crippen LogP contribution < -0.4 is 4.74 Å². The quantitative estimate of drug-likeness (QED) is 0.381. The number of H-pyrrole nitrogens is 1. The van der Waals surface area contributed by atoms with Crippen LogP contribution in [0.2, 0.25) is 5.02 Å². The van der Waals surface area contributed by atoms with E-state index in [0.717, 1.165) is 5.56 Å². The first-order chi connectivity index (χ1) is 17.3. The number of carboxylic acids is 1. The fourth-order valence-corrected chi connectivity index (χ4v) is 3.97. The normalized spacial score (nSPS) is 12.8. The third-order valence-electron chi connectivity index (χ3n) is 5.16. The Morgan fingerprint density at radius 2 is 2.03 bits per heavy atom. The molecule has 0 fully saturated rings. The summed E-state index contributed by atoms with van der Waals surface area (Å²) in [5.41, 5.74) is 2.60. The lowest BCUT2D eigenvalue weighted by atomic mass is 9.99. The van der Waals surface area contributed by atoms with Gasteiger partial charge in [-0.05, 0) is 52.2 Å².